The van der Waals surface area contributed by atoms with Crippen LogP contribution in [0, 0.1) is 5.92 Å². The summed E-state index contributed by atoms with van der Waals surface area (Å²) in [5.41, 5.74) is 0. The van der Waals surface area contributed by atoms with Gasteiger partial charge in [0.05, 0.1) is 0 Å². The Kier molecular flexibility index (Phi) is 5.42. The average molecular weight is 254 g/mol. The molecular weight excluding hydrogens is 224 g/mol. The predicted octanol–water partition coefficient (Wildman–Crippen LogP) is 0.164. The molecule has 2 heterocycles. The molecule has 2 saturated heterocycles. The first kappa shape index (κ1) is 14.3. The molecule has 0 aromatic heterocycles. The summed E-state index contributed by atoms with van der Waals surface area (Å²) in [5.74, 6) is 0.896. The van der Waals surface area contributed by atoms with Crippen molar-refractivity contribution in [2.45, 2.75) is 18.9 Å². The topological polar surface area (TPSA) is 21.8 Å². The van der Waals surface area contributed by atoms with E-state index in [2.05, 4.69) is 41.2 Å². The lowest BCUT2D eigenvalue weighted by Crippen LogP contribution is -2.54. The van der Waals surface area contributed by atoms with E-state index in [0.29, 0.717) is 6.04 Å². The molecule has 4 heteroatoms. The highest BCUT2D eigenvalue weighted by Gasteiger charge is 2.22. The third-order valence-corrected chi connectivity index (χ3v) is 4.63. The van der Waals surface area contributed by atoms with Gasteiger partial charge in [-0.2, -0.15) is 0 Å². The number of likely N-dealkylation sites (tertiary alicyclic amines) is 1. The maximum atomic E-state index is 3.70. The van der Waals surface area contributed by atoms with Gasteiger partial charge in [-0.1, -0.05) is 0 Å². The predicted molar refractivity (Wildman–Crippen MR) is 77.0 cm³/mol. The normalized spacial score (nSPS) is 29.8. The third kappa shape index (κ3) is 4.19. The van der Waals surface area contributed by atoms with Crippen LogP contribution in [0.4, 0.5) is 0 Å². The van der Waals surface area contributed by atoms with Crippen molar-refractivity contribution in [1.29, 1.82) is 0 Å². The van der Waals surface area contributed by atoms with E-state index >= 15 is 0 Å². The van der Waals surface area contributed by atoms with Gasteiger partial charge in [0.1, 0.15) is 0 Å². The molecular formula is C14H30N4. The van der Waals surface area contributed by atoms with E-state index in [4.69, 9.17) is 0 Å². The number of nitrogens with one attached hydrogen (secondary N) is 1. The number of likely N-dealkylation sites (N-methyl/N-ethyl adjacent to an activating group) is 2. The lowest BCUT2D eigenvalue weighted by Gasteiger charge is -2.38. The molecule has 0 bridgehead atoms. The molecule has 1 N–H and O–H groups in total. The molecule has 1 unspecified atom stereocenters. The fraction of sp³-hybridized carbons (Fsp3) is 1.00. The van der Waals surface area contributed by atoms with Crippen LogP contribution < -0.4 is 5.32 Å². The Balaban J connectivity index is 1.62. The molecule has 0 amide bonds. The Morgan fingerprint density at radius 1 is 0.889 bits per heavy atom. The second-order valence-corrected chi connectivity index (χ2v) is 6.30. The Morgan fingerprint density at radius 3 is 2.33 bits per heavy atom. The van der Waals surface area contributed by atoms with Crippen molar-refractivity contribution in [2.75, 3.05) is 67.0 Å². The fourth-order valence-electron chi connectivity index (χ4n) is 3.04. The first-order valence-corrected chi connectivity index (χ1v) is 7.43. The average Bonchev–Trinajstić information content (AvgIpc) is 2.36. The van der Waals surface area contributed by atoms with Crippen molar-refractivity contribution in [2.24, 2.45) is 5.92 Å². The highest BCUT2D eigenvalue weighted by molar-refractivity contribution is 4.81. The largest absolute Gasteiger partial charge is 0.315 e. The molecule has 18 heavy (non-hydrogen) atoms. The molecule has 2 aliphatic rings. The van der Waals surface area contributed by atoms with Crippen molar-refractivity contribution in [3.8, 4) is 0 Å². The van der Waals surface area contributed by atoms with Crippen molar-refractivity contribution in [3.05, 3.63) is 0 Å². The van der Waals surface area contributed by atoms with Gasteiger partial charge in [0.15, 0.2) is 0 Å². The van der Waals surface area contributed by atoms with Crippen LogP contribution in [0.5, 0.6) is 0 Å². The minimum Gasteiger partial charge on any atom is -0.315 e. The zero-order valence-corrected chi connectivity index (χ0v) is 12.4. The van der Waals surface area contributed by atoms with Crippen LogP contribution in [-0.4, -0.2) is 87.7 Å². The maximum Gasteiger partial charge on any atom is 0.0345 e. The van der Waals surface area contributed by atoms with Crippen LogP contribution in [0.3, 0.4) is 0 Å². The standard InChI is InChI=1S/C14H30N4/c1-16-6-4-13(5-7-16)10-15-11-14-12-17(2)8-9-18(14)3/h13-15H,4-12H2,1-3H3. The lowest BCUT2D eigenvalue weighted by atomic mass is 9.97. The minimum atomic E-state index is 0.690. The summed E-state index contributed by atoms with van der Waals surface area (Å²) in [6.07, 6.45) is 2.73. The molecule has 0 saturated carbocycles. The number of nitrogens with zero attached hydrogens (tertiary/aromatic N) is 3. The van der Waals surface area contributed by atoms with E-state index in [0.717, 1.165) is 12.5 Å². The van der Waals surface area contributed by atoms with E-state index < -0.39 is 0 Å². The summed E-state index contributed by atoms with van der Waals surface area (Å²) in [5, 5.41) is 3.70. The van der Waals surface area contributed by atoms with E-state index in [1.165, 1.54) is 52.1 Å². The Morgan fingerprint density at radius 2 is 1.61 bits per heavy atom. The number of piperazine rings is 1. The summed E-state index contributed by atoms with van der Waals surface area (Å²) in [4.78, 5) is 7.39. The van der Waals surface area contributed by atoms with Gasteiger partial charge in [-0.3, -0.25) is 4.90 Å². The van der Waals surface area contributed by atoms with Crippen LogP contribution in [0.2, 0.25) is 0 Å². The molecule has 2 rings (SSSR count). The van der Waals surface area contributed by atoms with Gasteiger partial charge in [-0.15, -0.1) is 0 Å². The van der Waals surface area contributed by atoms with Gasteiger partial charge >= 0.3 is 0 Å². The van der Waals surface area contributed by atoms with Gasteiger partial charge in [0, 0.05) is 32.2 Å². The van der Waals surface area contributed by atoms with Crippen LogP contribution in [0.15, 0.2) is 0 Å². The number of hydrogen-bond acceptors (Lipinski definition) is 4. The number of rotatable bonds is 4. The summed E-state index contributed by atoms with van der Waals surface area (Å²) < 4.78 is 0. The van der Waals surface area contributed by atoms with E-state index in [9.17, 15) is 0 Å². The van der Waals surface area contributed by atoms with Gasteiger partial charge in [-0.25, -0.2) is 0 Å². The van der Waals surface area contributed by atoms with E-state index in [-0.39, 0.29) is 0 Å². The smallest absolute Gasteiger partial charge is 0.0345 e. The van der Waals surface area contributed by atoms with Crippen molar-refractivity contribution >= 4 is 0 Å². The zero-order valence-electron chi connectivity index (χ0n) is 12.4. The van der Waals surface area contributed by atoms with Crippen molar-refractivity contribution < 1.29 is 0 Å². The fourth-order valence-corrected chi connectivity index (χ4v) is 3.04. The van der Waals surface area contributed by atoms with Gasteiger partial charge in [-0.05, 0) is 59.5 Å². The summed E-state index contributed by atoms with van der Waals surface area (Å²) in [6, 6.07) is 0.690. The molecule has 0 aromatic rings. The highest BCUT2D eigenvalue weighted by atomic mass is 15.3. The molecule has 4 nitrogen and oxygen atoms in total. The summed E-state index contributed by atoms with van der Waals surface area (Å²) >= 11 is 0. The number of hydrogen-bond donors (Lipinski definition) is 1. The zero-order chi connectivity index (χ0) is 13.0. The molecule has 2 aliphatic heterocycles. The quantitative estimate of drug-likeness (QED) is 0.772. The second-order valence-electron chi connectivity index (χ2n) is 6.30. The Hall–Kier alpha value is -0.160. The van der Waals surface area contributed by atoms with Gasteiger partial charge in [0.25, 0.3) is 0 Å². The van der Waals surface area contributed by atoms with Crippen LogP contribution >= 0.6 is 0 Å². The summed E-state index contributed by atoms with van der Waals surface area (Å²) in [6.45, 7) is 8.53. The molecule has 0 aliphatic carbocycles. The molecule has 0 radical (unpaired) electrons. The molecule has 0 aromatic carbocycles. The minimum absolute atomic E-state index is 0.690. The van der Waals surface area contributed by atoms with Crippen molar-refractivity contribution in [1.82, 2.24) is 20.0 Å². The van der Waals surface area contributed by atoms with Crippen LogP contribution in [0.1, 0.15) is 12.8 Å². The van der Waals surface area contributed by atoms with Gasteiger partial charge in [0.2, 0.25) is 0 Å². The third-order valence-electron chi connectivity index (χ3n) is 4.63. The molecule has 106 valence electrons. The van der Waals surface area contributed by atoms with Crippen LogP contribution in [0.25, 0.3) is 0 Å². The maximum absolute atomic E-state index is 3.70. The molecule has 0 spiro atoms. The van der Waals surface area contributed by atoms with Gasteiger partial charge < -0.3 is 15.1 Å². The Labute approximate surface area is 112 Å². The van der Waals surface area contributed by atoms with E-state index in [1.807, 2.05) is 0 Å². The SMILES string of the molecule is CN1CCC(CNCC2CN(C)CCN2C)CC1. The number of piperidine rings is 1. The van der Waals surface area contributed by atoms with Crippen molar-refractivity contribution in [3.63, 3.8) is 0 Å². The Bertz CT molecular complexity index is 238. The molecule has 2 fully saturated rings. The van der Waals surface area contributed by atoms with E-state index in [1.54, 1.807) is 0 Å². The first-order chi connectivity index (χ1) is 8.65. The second kappa shape index (κ2) is 6.85. The first-order valence-electron chi connectivity index (χ1n) is 7.43. The molecule has 1 atom stereocenters. The lowest BCUT2D eigenvalue weighted by molar-refractivity contribution is 0.111. The monoisotopic (exact) mass is 254 g/mol. The highest BCUT2D eigenvalue weighted by Crippen LogP contribution is 2.14. The van der Waals surface area contributed by atoms with Crippen LogP contribution in [-0.2, 0) is 0 Å². The summed E-state index contributed by atoms with van der Waals surface area (Å²) in [7, 11) is 6.72.